The second kappa shape index (κ2) is 9.82. The van der Waals surface area contributed by atoms with Crippen molar-refractivity contribution in [2.75, 3.05) is 23.9 Å². The Morgan fingerprint density at radius 3 is 2.51 bits per heavy atom. The molecule has 2 aliphatic rings. The molecule has 1 spiro atoms. The Morgan fingerprint density at radius 1 is 1.20 bits per heavy atom. The van der Waals surface area contributed by atoms with Crippen molar-refractivity contribution in [3.63, 3.8) is 0 Å². The van der Waals surface area contributed by atoms with Crippen LogP contribution >= 0.6 is 0 Å². The first kappa shape index (κ1) is 28.5. The monoisotopic (exact) mass is 598 g/mol. The van der Waals surface area contributed by atoms with Gasteiger partial charge in [-0.25, -0.2) is 17.2 Å². The number of rotatable bonds is 6. The first-order valence-electron chi connectivity index (χ1n) is 12.3. The minimum atomic E-state index is -4.51. The van der Waals surface area contributed by atoms with Crippen molar-refractivity contribution in [3.8, 4) is 17.0 Å². The lowest BCUT2D eigenvalue weighted by Crippen LogP contribution is -2.52. The maximum Gasteiger partial charge on any atom is 0.422 e. The van der Waals surface area contributed by atoms with Gasteiger partial charge >= 0.3 is 6.18 Å². The van der Waals surface area contributed by atoms with Crippen LogP contribution in [0.15, 0.2) is 30.3 Å². The Bertz CT molecular complexity index is 1680. The summed E-state index contributed by atoms with van der Waals surface area (Å²) >= 11 is 0. The highest BCUT2D eigenvalue weighted by Crippen LogP contribution is 2.44. The Morgan fingerprint density at radius 2 is 1.88 bits per heavy atom. The Hall–Kier alpha value is -4.01. The summed E-state index contributed by atoms with van der Waals surface area (Å²) in [5.74, 6) is -4.37. The van der Waals surface area contributed by atoms with E-state index in [1.165, 1.54) is 23.7 Å². The Kier molecular flexibility index (Phi) is 6.83. The molecule has 218 valence electrons. The van der Waals surface area contributed by atoms with Gasteiger partial charge in [-0.05, 0) is 55.2 Å². The van der Waals surface area contributed by atoms with E-state index in [0.717, 1.165) is 18.4 Å². The average Bonchev–Trinajstić information content (AvgIpc) is 3.37. The van der Waals surface area contributed by atoms with E-state index < -0.39 is 57.4 Å². The zero-order chi connectivity index (χ0) is 29.9. The predicted molar refractivity (Wildman–Crippen MR) is 136 cm³/mol. The smallest absolute Gasteiger partial charge is 0.422 e. The molecular weight excluding hydrogens is 575 g/mol. The second-order valence-corrected chi connectivity index (χ2v) is 12.3. The van der Waals surface area contributed by atoms with E-state index in [1.54, 1.807) is 6.07 Å². The zero-order valence-corrected chi connectivity index (χ0v) is 22.5. The Labute approximate surface area is 230 Å². The number of carbonyl (C=O) groups is 2. The number of ether oxygens (including phenoxy) is 1. The number of fused-ring (bicyclic) bond motifs is 3. The van der Waals surface area contributed by atoms with E-state index in [-0.39, 0.29) is 40.5 Å². The first-order chi connectivity index (χ1) is 19.1. The van der Waals surface area contributed by atoms with Crippen LogP contribution in [0.4, 0.5) is 27.6 Å². The van der Waals surface area contributed by atoms with Crippen molar-refractivity contribution in [1.29, 1.82) is 0 Å². The fraction of sp³-hybridized carbons (Fsp3) is 0.346. The zero-order valence-electron chi connectivity index (χ0n) is 21.7. The molecule has 0 unspecified atom stereocenters. The topological polar surface area (TPSA) is 119 Å². The highest BCUT2D eigenvalue weighted by Gasteiger charge is 2.46. The van der Waals surface area contributed by atoms with Gasteiger partial charge in [-0.2, -0.15) is 18.3 Å². The van der Waals surface area contributed by atoms with Gasteiger partial charge in [-0.3, -0.25) is 14.3 Å². The summed E-state index contributed by atoms with van der Waals surface area (Å²) in [6.07, 6.45) is -2.91. The summed E-state index contributed by atoms with van der Waals surface area (Å²) in [6.45, 7) is -0.216. The third kappa shape index (κ3) is 5.62. The highest BCUT2D eigenvalue weighted by atomic mass is 32.2. The van der Waals surface area contributed by atoms with Gasteiger partial charge < -0.3 is 15.4 Å². The molecule has 1 aliphatic heterocycles. The number of nitrogens with one attached hydrogen (secondary N) is 2. The number of amides is 2. The number of anilines is 1. The molecule has 0 fully saturated rings. The summed E-state index contributed by atoms with van der Waals surface area (Å²) in [4.78, 5) is 26.1. The van der Waals surface area contributed by atoms with Gasteiger partial charge in [-0.15, -0.1) is 0 Å². The maximum atomic E-state index is 14.5. The van der Waals surface area contributed by atoms with Crippen LogP contribution in [0.2, 0.25) is 0 Å². The molecule has 0 saturated heterocycles. The number of aromatic nitrogens is 2. The first-order valence-corrected chi connectivity index (χ1v) is 14.3. The van der Waals surface area contributed by atoms with E-state index in [2.05, 4.69) is 15.7 Å². The van der Waals surface area contributed by atoms with Crippen molar-refractivity contribution in [1.82, 2.24) is 15.1 Å². The van der Waals surface area contributed by atoms with Crippen molar-refractivity contribution < 1.29 is 44.7 Å². The highest BCUT2D eigenvalue weighted by molar-refractivity contribution is 7.91. The molecule has 2 heterocycles. The van der Waals surface area contributed by atoms with Gasteiger partial charge in [-0.1, -0.05) is 6.07 Å². The summed E-state index contributed by atoms with van der Waals surface area (Å²) in [5.41, 5.74) is -0.617. The average molecular weight is 599 g/mol. The van der Waals surface area contributed by atoms with Gasteiger partial charge in [0.2, 0.25) is 5.91 Å². The largest absolute Gasteiger partial charge is 0.484 e. The molecule has 2 N–H and O–H groups in total. The fourth-order valence-corrected chi connectivity index (χ4v) is 5.72. The molecule has 2 amide bonds. The third-order valence-corrected chi connectivity index (χ3v) is 7.75. The lowest BCUT2D eigenvalue weighted by molar-refractivity contribution is -0.153. The molecule has 0 bridgehead atoms. The van der Waals surface area contributed by atoms with Crippen molar-refractivity contribution >= 4 is 27.3 Å². The number of nitrogens with zero attached hydrogens (tertiary/aromatic N) is 2. The number of hydrogen-bond acceptors (Lipinski definition) is 6. The van der Waals surface area contributed by atoms with Crippen LogP contribution < -0.4 is 15.4 Å². The molecule has 15 heteroatoms. The van der Waals surface area contributed by atoms with Crippen molar-refractivity contribution in [3.05, 3.63) is 64.4 Å². The van der Waals surface area contributed by atoms with Gasteiger partial charge in [0.05, 0.1) is 12.1 Å². The molecule has 9 nitrogen and oxygen atoms in total. The van der Waals surface area contributed by atoms with Crippen LogP contribution in [0.3, 0.4) is 0 Å². The molecule has 1 atom stereocenters. The summed E-state index contributed by atoms with van der Waals surface area (Å²) in [6, 6.07) is 6.37. The molecular formula is C26H23F5N4O5S. The molecule has 3 aromatic rings. The van der Waals surface area contributed by atoms with E-state index in [0.29, 0.717) is 24.0 Å². The molecule has 2 aromatic carbocycles. The normalized spacial score (nSPS) is 18.2. The van der Waals surface area contributed by atoms with Crippen LogP contribution in [-0.2, 0) is 33.1 Å². The number of benzene rings is 2. The minimum Gasteiger partial charge on any atom is -0.484 e. The van der Waals surface area contributed by atoms with E-state index in [1.807, 2.05) is 0 Å². The van der Waals surface area contributed by atoms with E-state index >= 15 is 0 Å². The standard InChI is InChI=1S/C26H23F5N4O5S/c1-13-18(27)8-15(9-19(13)28)21-22(32-20(36)10-41(2,38)39)23-24(37)33-25(11-35(23)34-21)6-5-14-7-16(3-4-17(14)25)40-12-26(29,30)31/h3-4,7-9H,5-6,10-12H2,1-2H3,(H,32,36)(H,33,37)/t25-/m0/s1. The molecule has 0 radical (unpaired) electrons. The number of aryl methyl sites for hydroxylation is 1. The number of hydrogen-bond donors (Lipinski definition) is 2. The van der Waals surface area contributed by atoms with Crippen LogP contribution in [0, 0.1) is 18.6 Å². The van der Waals surface area contributed by atoms with Gasteiger partial charge in [0.15, 0.2) is 22.1 Å². The molecule has 5 rings (SSSR count). The number of halogens is 5. The molecule has 41 heavy (non-hydrogen) atoms. The number of carbonyl (C=O) groups excluding carboxylic acids is 2. The quantitative estimate of drug-likeness (QED) is 0.419. The van der Waals surface area contributed by atoms with Gasteiger partial charge in [0.1, 0.15) is 34.5 Å². The minimum absolute atomic E-state index is 0.00952. The van der Waals surface area contributed by atoms with Gasteiger partial charge in [0, 0.05) is 17.4 Å². The Balaban J connectivity index is 1.56. The van der Waals surface area contributed by atoms with E-state index in [9.17, 15) is 40.0 Å². The SMILES string of the molecule is Cc1c(F)cc(-c2nn3c(c2NC(=O)CS(C)(=O)=O)C(=O)N[C@@]2(CCc4cc(OCC(F)(F)F)ccc42)C3)cc1F. The lowest BCUT2D eigenvalue weighted by atomic mass is 9.89. The van der Waals surface area contributed by atoms with Crippen LogP contribution in [0.5, 0.6) is 5.75 Å². The van der Waals surface area contributed by atoms with E-state index in [4.69, 9.17) is 4.74 Å². The van der Waals surface area contributed by atoms with Gasteiger partial charge in [0.25, 0.3) is 5.91 Å². The summed E-state index contributed by atoms with van der Waals surface area (Å²) in [5, 5.41) is 9.68. The molecule has 1 aromatic heterocycles. The maximum absolute atomic E-state index is 14.5. The van der Waals surface area contributed by atoms with Crippen molar-refractivity contribution in [2.24, 2.45) is 0 Å². The summed E-state index contributed by atoms with van der Waals surface area (Å²) in [7, 11) is -3.76. The summed E-state index contributed by atoms with van der Waals surface area (Å²) < 4.78 is 96.2. The number of sulfone groups is 1. The lowest BCUT2D eigenvalue weighted by Gasteiger charge is -2.36. The number of alkyl halides is 3. The third-order valence-electron chi connectivity index (χ3n) is 6.97. The second-order valence-electron chi connectivity index (χ2n) is 10.2. The van der Waals surface area contributed by atoms with Crippen LogP contribution in [-0.4, -0.2) is 54.8 Å². The van der Waals surface area contributed by atoms with Crippen LogP contribution in [0.1, 0.15) is 33.6 Å². The molecule has 0 saturated carbocycles. The van der Waals surface area contributed by atoms with Crippen LogP contribution in [0.25, 0.3) is 11.3 Å². The van der Waals surface area contributed by atoms with Crippen molar-refractivity contribution in [2.45, 2.75) is 38.0 Å². The predicted octanol–water partition coefficient (Wildman–Crippen LogP) is 3.65. The fourth-order valence-electron chi connectivity index (χ4n) is 5.17. The molecule has 1 aliphatic carbocycles.